The van der Waals surface area contributed by atoms with Crippen LogP contribution in [0, 0.1) is 5.92 Å². The molecule has 3 unspecified atom stereocenters. The number of carbonyl (C=O) groups is 4. The summed E-state index contributed by atoms with van der Waals surface area (Å²) in [6.45, 7) is 5.56. The van der Waals surface area contributed by atoms with Gasteiger partial charge in [0.1, 0.15) is 23.9 Å². The van der Waals surface area contributed by atoms with E-state index in [1.807, 2.05) is 0 Å². The molecule has 3 amide bonds. The van der Waals surface area contributed by atoms with Gasteiger partial charge in [0.15, 0.2) is 0 Å². The quantitative estimate of drug-likeness (QED) is 0.370. The number of phenolic OH excluding ortho intramolecular Hbond substituents is 1. The Balaban J connectivity index is 2.25. The molecule has 1 fully saturated rings. The Morgan fingerprint density at radius 3 is 2.53 bits per heavy atom. The third kappa shape index (κ3) is 6.94. The number of benzene rings is 1. The molecule has 2 rings (SSSR count). The van der Waals surface area contributed by atoms with Gasteiger partial charge in [0.2, 0.25) is 11.8 Å². The number of nitrogens with zero attached hydrogens (tertiary/aromatic N) is 1. The summed E-state index contributed by atoms with van der Waals surface area (Å²) >= 11 is 0. The molecule has 32 heavy (non-hydrogen) atoms. The molecule has 10 nitrogen and oxygen atoms in total. The average Bonchev–Trinajstić information content (AvgIpc) is 2.76. The van der Waals surface area contributed by atoms with E-state index in [0.29, 0.717) is 24.9 Å². The van der Waals surface area contributed by atoms with Crippen molar-refractivity contribution in [3.05, 3.63) is 29.8 Å². The Bertz CT molecular complexity index is 843. The number of carbonyl (C=O) groups excluding carboxylic acids is 3. The number of hydrazine groups is 1. The van der Waals surface area contributed by atoms with Crippen molar-refractivity contribution in [1.82, 2.24) is 21.1 Å². The Labute approximate surface area is 187 Å². The lowest BCUT2D eigenvalue weighted by atomic mass is 10.00. The zero-order valence-corrected chi connectivity index (χ0v) is 18.6. The predicted molar refractivity (Wildman–Crippen MR) is 116 cm³/mol. The fraction of sp³-hybridized carbons (Fsp3) is 0.545. The smallest absolute Gasteiger partial charge is 0.322 e. The monoisotopic (exact) mass is 448 g/mol. The fourth-order valence-corrected chi connectivity index (χ4v) is 3.50. The largest absolute Gasteiger partial charge is 0.508 e. The van der Waals surface area contributed by atoms with E-state index in [0.717, 1.165) is 0 Å². The fourth-order valence-electron chi connectivity index (χ4n) is 3.50. The molecule has 0 radical (unpaired) electrons. The van der Waals surface area contributed by atoms with Gasteiger partial charge in [-0.1, -0.05) is 32.9 Å². The standard InChI is InChI=1S/C22H32N4O6/c1-4-18(28)24-19(13(2)3)20(29)23-17(12-14-7-5-8-15(27)11-14)21(30)26-10-6-9-16(25-26)22(31)32/h5,7-8,11,13,16-17,19,25,27H,4,6,9-10,12H2,1-3H3,(H,23,29)(H,24,28)(H,31,32). The van der Waals surface area contributed by atoms with Gasteiger partial charge in [-0.15, -0.1) is 0 Å². The first-order chi connectivity index (χ1) is 15.1. The van der Waals surface area contributed by atoms with E-state index in [-0.39, 0.29) is 30.4 Å². The Morgan fingerprint density at radius 1 is 1.22 bits per heavy atom. The molecular weight excluding hydrogens is 416 g/mol. The van der Waals surface area contributed by atoms with Crippen LogP contribution in [0.25, 0.3) is 0 Å². The molecule has 10 heteroatoms. The van der Waals surface area contributed by atoms with E-state index in [1.54, 1.807) is 32.9 Å². The number of amides is 3. The van der Waals surface area contributed by atoms with E-state index in [2.05, 4.69) is 16.1 Å². The average molecular weight is 449 g/mol. The maximum Gasteiger partial charge on any atom is 0.322 e. The van der Waals surface area contributed by atoms with Crippen LogP contribution in [0.5, 0.6) is 5.75 Å². The molecule has 0 saturated carbocycles. The molecule has 5 N–H and O–H groups in total. The van der Waals surface area contributed by atoms with E-state index in [1.165, 1.54) is 17.1 Å². The number of rotatable bonds is 9. The third-order valence-electron chi connectivity index (χ3n) is 5.30. The lowest BCUT2D eigenvalue weighted by Gasteiger charge is -2.35. The highest BCUT2D eigenvalue weighted by atomic mass is 16.4. The molecule has 1 aliphatic rings. The van der Waals surface area contributed by atoms with Gasteiger partial charge in [0.25, 0.3) is 5.91 Å². The van der Waals surface area contributed by atoms with Crippen LogP contribution in [-0.2, 0) is 25.6 Å². The van der Waals surface area contributed by atoms with E-state index in [4.69, 9.17) is 0 Å². The van der Waals surface area contributed by atoms with Crippen LogP contribution >= 0.6 is 0 Å². The van der Waals surface area contributed by atoms with Crippen molar-refractivity contribution in [2.45, 2.75) is 64.6 Å². The Morgan fingerprint density at radius 2 is 1.94 bits per heavy atom. The topological polar surface area (TPSA) is 148 Å². The minimum absolute atomic E-state index is 0.0253. The van der Waals surface area contributed by atoms with Crippen molar-refractivity contribution in [2.75, 3.05) is 6.54 Å². The number of nitrogens with one attached hydrogen (secondary N) is 3. The third-order valence-corrected chi connectivity index (χ3v) is 5.30. The normalized spacial score (nSPS) is 18.0. The molecule has 176 valence electrons. The lowest BCUT2D eigenvalue weighted by Crippen LogP contribution is -2.61. The molecule has 1 aromatic rings. The van der Waals surface area contributed by atoms with Gasteiger partial charge in [0, 0.05) is 19.4 Å². The summed E-state index contributed by atoms with van der Waals surface area (Å²) in [5.74, 6) is -2.53. The zero-order valence-electron chi connectivity index (χ0n) is 18.6. The SMILES string of the molecule is CCC(=O)NC(C(=O)NC(Cc1cccc(O)c1)C(=O)N1CCCC(C(=O)O)N1)C(C)C. The molecule has 1 aromatic carbocycles. The summed E-state index contributed by atoms with van der Waals surface area (Å²) in [4.78, 5) is 49.5. The first-order valence-corrected chi connectivity index (χ1v) is 10.8. The van der Waals surface area contributed by atoms with Crippen LogP contribution < -0.4 is 16.1 Å². The summed E-state index contributed by atoms with van der Waals surface area (Å²) in [6.07, 6.45) is 1.20. The maximum absolute atomic E-state index is 13.3. The van der Waals surface area contributed by atoms with Gasteiger partial charge in [-0.2, -0.15) is 0 Å². The van der Waals surface area contributed by atoms with Crippen molar-refractivity contribution in [2.24, 2.45) is 5.92 Å². The molecule has 0 bridgehead atoms. The van der Waals surface area contributed by atoms with Crippen LogP contribution in [0.4, 0.5) is 0 Å². The van der Waals surface area contributed by atoms with Crippen LogP contribution in [0.1, 0.15) is 45.6 Å². The van der Waals surface area contributed by atoms with Crippen LogP contribution in [-0.4, -0.2) is 63.6 Å². The summed E-state index contributed by atoms with van der Waals surface area (Å²) in [5, 5.41) is 25.7. The second-order valence-electron chi connectivity index (χ2n) is 8.23. The zero-order chi connectivity index (χ0) is 23.8. The molecule has 1 aliphatic heterocycles. The van der Waals surface area contributed by atoms with Gasteiger partial charge in [0.05, 0.1) is 0 Å². The Hall–Kier alpha value is -3.14. The van der Waals surface area contributed by atoms with Crippen molar-refractivity contribution < 1.29 is 29.4 Å². The summed E-state index contributed by atoms with van der Waals surface area (Å²) in [6, 6.07) is 3.59. The first kappa shape index (κ1) is 25.1. The molecule has 1 saturated heterocycles. The van der Waals surface area contributed by atoms with Crippen molar-refractivity contribution in [3.8, 4) is 5.75 Å². The van der Waals surface area contributed by atoms with Crippen LogP contribution in [0.15, 0.2) is 24.3 Å². The maximum atomic E-state index is 13.3. The first-order valence-electron chi connectivity index (χ1n) is 10.8. The number of hydrogen-bond acceptors (Lipinski definition) is 6. The summed E-state index contributed by atoms with van der Waals surface area (Å²) in [7, 11) is 0. The van der Waals surface area contributed by atoms with Gasteiger partial charge >= 0.3 is 5.97 Å². The van der Waals surface area contributed by atoms with Crippen molar-refractivity contribution >= 4 is 23.7 Å². The lowest BCUT2D eigenvalue weighted by molar-refractivity contribution is -0.148. The van der Waals surface area contributed by atoms with Gasteiger partial charge in [-0.3, -0.25) is 24.2 Å². The van der Waals surface area contributed by atoms with Gasteiger partial charge < -0.3 is 20.8 Å². The van der Waals surface area contributed by atoms with E-state index in [9.17, 15) is 29.4 Å². The second kappa shape index (κ2) is 11.5. The van der Waals surface area contributed by atoms with Crippen molar-refractivity contribution in [3.63, 3.8) is 0 Å². The van der Waals surface area contributed by atoms with Crippen LogP contribution in [0.2, 0.25) is 0 Å². The molecule has 0 aliphatic carbocycles. The Kier molecular flexibility index (Phi) is 9.01. The highest BCUT2D eigenvalue weighted by Gasteiger charge is 2.34. The number of aliphatic carboxylic acids is 1. The predicted octanol–water partition coefficient (Wildman–Crippen LogP) is 0.551. The molecule has 0 aromatic heterocycles. The summed E-state index contributed by atoms with van der Waals surface area (Å²) < 4.78 is 0. The molecule has 1 heterocycles. The van der Waals surface area contributed by atoms with Crippen LogP contribution in [0.3, 0.4) is 0 Å². The van der Waals surface area contributed by atoms with Gasteiger partial charge in [-0.25, -0.2) is 5.43 Å². The molecule has 0 spiro atoms. The number of carboxylic acids is 1. The second-order valence-corrected chi connectivity index (χ2v) is 8.23. The number of carboxylic acid groups (broad SMARTS) is 1. The highest BCUT2D eigenvalue weighted by Crippen LogP contribution is 2.16. The van der Waals surface area contributed by atoms with E-state index < -0.39 is 35.9 Å². The number of hydrogen-bond donors (Lipinski definition) is 5. The molecular formula is C22H32N4O6. The summed E-state index contributed by atoms with van der Waals surface area (Å²) in [5.41, 5.74) is 3.33. The highest BCUT2D eigenvalue weighted by molar-refractivity contribution is 5.92. The minimum Gasteiger partial charge on any atom is -0.508 e. The van der Waals surface area contributed by atoms with Gasteiger partial charge in [-0.05, 0) is 36.5 Å². The van der Waals surface area contributed by atoms with E-state index >= 15 is 0 Å². The minimum atomic E-state index is -1.06. The molecule has 3 atom stereocenters. The number of aromatic hydroxyl groups is 1. The number of phenols is 1. The van der Waals surface area contributed by atoms with Crippen molar-refractivity contribution in [1.29, 1.82) is 0 Å².